The highest BCUT2D eigenvalue weighted by Crippen LogP contribution is 2.29. The Hall–Kier alpha value is -1.15. The quantitative estimate of drug-likeness (QED) is 0.646. The molecule has 8 heteroatoms. The number of amides is 1. The normalized spacial score (nSPS) is 11.8. The van der Waals surface area contributed by atoms with E-state index in [0.29, 0.717) is 11.4 Å². The third kappa shape index (κ3) is 6.23. The molecule has 0 saturated carbocycles. The van der Waals surface area contributed by atoms with E-state index in [1.807, 2.05) is 48.5 Å². The summed E-state index contributed by atoms with van der Waals surface area (Å²) in [5.41, 5.74) is 9.88. The molecule has 0 fully saturated rings. The first-order valence-electron chi connectivity index (χ1n) is 8.40. The molecule has 26 heavy (non-hydrogen) atoms. The average molecular weight is 406 g/mol. The minimum absolute atomic E-state index is 0. The fourth-order valence-electron chi connectivity index (χ4n) is 2.65. The van der Waals surface area contributed by atoms with Crippen LogP contribution in [0.2, 0.25) is 0 Å². The van der Waals surface area contributed by atoms with Crippen LogP contribution in [0.4, 0.5) is 0 Å². The second-order valence-electron chi connectivity index (χ2n) is 7.37. The van der Waals surface area contributed by atoms with Crippen LogP contribution in [0.3, 0.4) is 0 Å². The van der Waals surface area contributed by atoms with E-state index in [0.717, 1.165) is 27.8 Å². The van der Waals surface area contributed by atoms with Gasteiger partial charge in [-0.05, 0) is 76.3 Å². The minimum atomic E-state index is -3.68. The lowest BCUT2D eigenvalue weighted by Crippen LogP contribution is -2.45. The number of sulfonamides is 1. The van der Waals surface area contributed by atoms with Crippen LogP contribution in [0.15, 0.2) is 4.90 Å². The molecule has 1 rings (SSSR count). The van der Waals surface area contributed by atoms with Crippen molar-refractivity contribution in [2.45, 2.75) is 65.3 Å². The standard InChI is InChI=1S/C18H31N3O3S.ClH/c1-11-12(2)14(4)17(15(5)13(11)3)25(23,24)21-9-8-16(22)20-10-18(6,7)19;/h21H,8-10,19H2,1-7H3,(H,20,22);1H. The van der Waals surface area contributed by atoms with Gasteiger partial charge in [0.05, 0.1) is 4.90 Å². The van der Waals surface area contributed by atoms with Crippen molar-refractivity contribution in [2.24, 2.45) is 5.73 Å². The zero-order valence-corrected chi connectivity index (χ0v) is 18.4. The van der Waals surface area contributed by atoms with Crippen LogP contribution in [0.25, 0.3) is 0 Å². The number of nitrogens with two attached hydrogens (primary N) is 1. The highest BCUT2D eigenvalue weighted by atomic mass is 35.5. The van der Waals surface area contributed by atoms with E-state index in [9.17, 15) is 13.2 Å². The topological polar surface area (TPSA) is 101 Å². The van der Waals surface area contributed by atoms with Crippen LogP contribution in [0.5, 0.6) is 0 Å². The summed E-state index contributed by atoms with van der Waals surface area (Å²) < 4.78 is 28.0. The first-order chi connectivity index (χ1) is 11.3. The predicted octanol–water partition coefficient (Wildman–Crippen LogP) is 2.17. The molecule has 1 amide bonds. The number of nitrogens with one attached hydrogen (secondary N) is 2. The maximum Gasteiger partial charge on any atom is 0.241 e. The minimum Gasteiger partial charge on any atom is -0.354 e. The molecular formula is C18H32ClN3O3S. The summed E-state index contributed by atoms with van der Waals surface area (Å²) in [4.78, 5) is 12.1. The molecule has 0 aliphatic carbocycles. The Morgan fingerprint density at radius 2 is 1.38 bits per heavy atom. The van der Waals surface area contributed by atoms with Crippen molar-refractivity contribution in [1.29, 1.82) is 0 Å². The van der Waals surface area contributed by atoms with Gasteiger partial charge in [0.1, 0.15) is 0 Å². The lowest BCUT2D eigenvalue weighted by atomic mass is 9.95. The van der Waals surface area contributed by atoms with Crippen molar-refractivity contribution in [1.82, 2.24) is 10.0 Å². The van der Waals surface area contributed by atoms with E-state index < -0.39 is 15.6 Å². The fourth-order valence-corrected chi connectivity index (χ4v) is 4.28. The van der Waals surface area contributed by atoms with Gasteiger partial charge in [-0.1, -0.05) is 0 Å². The molecule has 0 atom stereocenters. The van der Waals surface area contributed by atoms with Gasteiger partial charge < -0.3 is 11.1 Å². The first-order valence-corrected chi connectivity index (χ1v) is 9.88. The Labute approximate surface area is 163 Å². The second kappa shape index (κ2) is 9.17. The van der Waals surface area contributed by atoms with Crippen LogP contribution in [0, 0.1) is 34.6 Å². The molecule has 0 aliphatic heterocycles. The van der Waals surface area contributed by atoms with Crippen molar-refractivity contribution in [3.05, 3.63) is 27.8 Å². The van der Waals surface area contributed by atoms with Gasteiger partial charge in [0, 0.05) is 25.0 Å². The monoisotopic (exact) mass is 405 g/mol. The number of carbonyl (C=O) groups is 1. The summed E-state index contributed by atoms with van der Waals surface area (Å²) in [6.45, 7) is 13.5. The van der Waals surface area contributed by atoms with Crippen molar-refractivity contribution in [3.8, 4) is 0 Å². The summed E-state index contributed by atoms with van der Waals surface area (Å²) in [7, 11) is -3.68. The highest BCUT2D eigenvalue weighted by molar-refractivity contribution is 7.89. The smallest absolute Gasteiger partial charge is 0.241 e. The number of hydrogen-bond donors (Lipinski definition) is 3. The molecule has 0 bridgehead atoms. The van der Waals surface area contributed by atoms with Crippen molar-refractivity contribution < 1.29 is 13.2 Å². The van der Waals surface area contributed by atoms with Crippen LogP contribution in [-0.2, 0) is 14.8 Å². The maximum atomic E-state index is 12.7. The lowest BCUT2D eigenvalue weighted by Gasteiger charge is -2.20. The van der Waals surface area contributed by atoms with Crippen LogP contribution >= 0.6 is 12.4 Å². The molecule has 0 radical (unpaired) electrons. The average Bonchev–Trinajstić information content (AvgIpc) is 2.48. The summed E-state index contributed by atoms with van der Waals surface area (Å²) in [5, 5.41) is 2.70. The number of benzene rings is 1. The molecule has 0 spiro atoms. The SMILES string of the molecule is Cc1c(C)c(C)c(S(=O)(=O)NCCC(=O)NCC(C)(C)N)c(C)c1C.Cl. The molecule has 1 aromatic carbocycles. The van der Waals surface area contributed by atoms with Gasteiger partial charge in [-0.25, -0.2) is 13.1 Å². The maximum absolute atomic E-state index is 12.7. The predicted molar refractivity (Wildman–Crippen MR) is 108 cm³/mol. The van der Waals surface area contributed by atoms with Crippen LogP contribution < -0.4 is 15.8 Å². The van der Waals surface area contributed by atoms with Crippen molar-refractivity contribution in [2.75, 3.05) is 13.1 Å². The Morgan fingerprint density at radius 1 is 0.962 bits per heavy atom. The lowest BCUT2D eigenvalue weighted by molar-refractivity contribution is -0.121. The molecule has 6 nitrogen and oxygen atoms in total. The van der Waals surface area contributed by atoms with E-state index in [2.05, 4.69) is 10.0 Å². The third-order valence-electron chi connectivity index (χ3n) is 4.59. The molecule has 0 aromatic heterocycles. The molecule has 0 saturated heterocycles. The summed E-state index contributed by atoms with van der Waals surface area (Å²) >= 11 is 0. The highest BCUT2D eigenvalue weighted by Gasteiger charge is 2.23. The molecule has 0 aliphatic rings. The molecule has 0 heterocycles. The van der Waals surface area contributed by atoms with E-state index in [-0.39, 0.29) is 31.3 Å². The van der Waals surface area contributed by atoms with Gasteiger partial charge in [-0.15, -0.1) is 12.4 Å². The number of carbonyl (C=O) groups excluding carboxylic acids is 1. The summed E-state index contributed by atoms with van der Waals surface area (Å²) in [6, 6.07) is 0. The molecular weight excluding hydrogens is 374 g/mol. The van der Waals surface area contributed by atoms with Crippen molar-refractivity contribution in [3.63, 3.8) is 0 Å². The van der Waals surface area contributed by atoms with Gasteiger partial charge in [-0.2, -0.15) is 0 Å². The van der Waals surface area contributed by atoms with E-state index >= 15 is 0 Å². The number of halogens is 1. The van der Waals surface area contributed by atoms with Crippen LogP contribution in [0.1, 0.15) is 48.1 Å². The Bertz CT molecular complexity index is 740. The summed E-state index contributed by atoms with van der Waals surface area (Å²) in [6.07, 6.45) is 0.0667. The third-order valence-corrected chi connectivity index (χ3v) is 6.32. The van der Waals surface area contributed by atoms with Crippen LogP contribution in [-0.4, -0.2) is 33.0 Å². The molecule has 1 aromatic rings. The zero-order chi connectivity index (χ0) is 19.6. The van der Waals surface area contributed by atoms with Gasteiger partial charge in [0.25, 0.3) is 0 Å². The summed E-state index contributed by atoms with van der Waals surface area (Å²) in [5.74, 6) is -0.231. The Balaban J connectivity index is 0.00000625. The number of hydrogen-bond acceptors (Lipinski definition) is 4. The first kappa shape index (κ1) is 24.8. The van der Waals surface area contributed by atoms with E-state index in [4.69, 9.17) is 5.73 Å². The van der Waals surface area contributed by atoms with Gasteiger partial charge in [0.2, 0.25) is 15.9 Å². The largest absolute Gasteiger partial charge is 0.354 e. The second-order valence-corrected chi connectivity index (χ2v) is 9.07. The Kier molecular flexibility index (Phi) is 8.76. The molecule has 0 unspecified atom stereocenters. The van der Waals surface area contributed by atoms with E-state index in [1.165, 1.54) is 0 Å². The van der Waals surface area contributed by atoms with E-state index in [1.54, 1.807) is 0 Å². The van der Waals surface area contributed by atoms with Gasteiger partial charge >= 0.3 is 0 Å². The van der Waals surface area contributed by atoms with Crippen molar-refractivity contribution >= 4 is 28.3 Å². The fraction of sp³-hybridized carbons (Fsp3) is 0.611. The van der Waals surface area contributed by atoms with Gasteiger partial charge in [0.15, 0.2) is 0 Å². The number of rotatable bonds is 7. The molecule has 150 valence electrons. The Morgan fingerprint density at radius 3 is 1.81 bits per heavy atom. The zero-order valence-electron chi connectivity index (χ0n) is 16.7. The van der Waals surface area contributed by atoms with Gasteiger partial charge in [-0.3, -0.25) is 4.79 Å². The molecule has 4 N–H and O–H groups in total.